The van der Waals surface area contributed by atoms with Crippen molar-refractivity contribution in [3.63, 3.8) is 0 Å². The van der Waals surface area contributed by atoms with Gasteiger partial charge in [0, 0.05) is 6.20 Å². The van der Waals surface area contributed by atoms with Crippen LogP contribution in [0.15, 0.2) is 41.1 Å². The fraction of sp³-hybridized carbons (Fsp3) is 0.0833. The van der Waals surface area contributed by atoms with Crippen LogP contribution < -0.4 is 0 Å². The molecule has 0 aromatic carbocycles. The normalized spacial score (nSPS) is 10.9. The van der Waals surface area contributed by atoms with Crippen LogP contribution in [0.3, 0.4) is 0 Å². The van der Waals surface area contributed by atoms with E-state index in [2.05, 4.69) is 4.98 Å². The molecule has 0 fully saturated rings. The van der Waals surface area contributed by atoms with Gasteiger partial charge in [0.25, 0.3) is 0 Å². The Labute approximate surface area is 82.9 Å². The summed E-state index contributed by atoms with van der Waals surface area (Å²) in [7, 11) is 0. The fourth-order valence-electron chi connectivity index (χ4n) is 1.22. The van der Waals surface area contributed by atoms with E-state index in [4.69, 9.17) is 4.42 Å². The summed E-state index contributed by atoms with van der Waals surface area (Å²) >= 11 is 0. The summed E-state index contributed by atoms with van der Waals surface area (Å²) in [4.78, 5) is 4.25. The molecule has 14 heavy (non-hydrogen) atoms. The quantitative estimate of drug-likeness (QED) is 0.718. The molecule has 0 aliphatic rings. The highest BCUT2D eigenvalue weighted by Crippen LogP contribution is 2.09. The van der Waals surface area contributed by atoms with Gasteiger partial charge in [0.1, 0.15) is 5.76 Å². The molecule has 0 bridgehead atoms. The highest BCUT2D eigenvalue weighted by Gasteiger charge is 1.93. The molecule has 2 nitrogen and oxygen atoms in total. The Morgan fingerprint density at radius 1 is 1.21 bits per heavy atom. The van der Waals surface area contributed by atoms with E-state index in [9.17, 15) is 0 Å². The van der Waals surface area contributed by atoms with Gasteiger partial charge in [0.15, 0.2) is 0 Å². The number of pyridine rings is 1. The fourth-order valence-corrected chi connectivity index (χ4v) is 1.22. The highest BCUT2D eigenvalue weighted by atomic mass is 16.3. The number of aryl methyl sites for hydroxylation is 1. The second-order valence-corrected chi connectivity index (χ2v) is 3.05. The third-order valence-electron chi connectivity index (χ3n) is 2.00. The summed E-state index contributed by atoms with van der Waals surface area (Å²) in [5.74, 6) is 0.843. The molecule has 0 amide bonds. The van der Waals surface area contributed by atoms with Gasteiger partial charge < -0.3 is 4.42 Å². The van der Waals surface area contributed by atoms with Crippen molar-refractivity contribution in [3.05, 3.63) is 53.7 Å². The first-order chi connectivity index (χ1) is 6.86. The van der Waals surface area contributed by atoms with E-state index in [1.54, 1.807) is 12.5 Å². The van der Waals surface area contributed by atoms with Crippen LogP contribution in [0.1, 0.15) is 17.0 Å². The van der Waals surface area contributed by atoms with Crippen molar-refractivity contribution < 1.29 is 4.42 Å². The van der Waals surface area contributed by atoms with Gasteiger partial charge in [-0.3, -0.25) is 4.98 Å². The van der Waals surface area contributed by atoms with E-state index in [-0.39, 0.29) is 0 Å². The van der Waals surface area contributed by atoms with Gasteiger partial charge in [-0.25, -0.2) is 0 Å². The molecular weight excluding hydrogens is 174 g/mol. The van der Waals surface area contributed by atoms with E-state index in [1.165, 1.54) is 0 Å². The molecule has 0 aliphatic carbocycles. The van der Waals surface area contributed by atoms with Crippen molar-refractivity contribution in [2.45, 2.75) is 6.92 Å². The summed E-state index contributed by atoms with van der Waals surface area (Å²) in [5, 5.41) is 0. The van der Waals surface area contributed by atoms with Gasteiger partial charge in [-0.2, -0.15) is 0 Å². The summed E-state index contributed by atoms with van der Waals surface area (Å²) in [6, 6.07) is 7.74. The molecule has 0 saturated carbocycles. The average Bonchev–Trinajstić information content (AvgIpc) is 2.69. The molecule has 0 saturated heterocycles. The van der Waals surface area contributed by atoms with E-state index < -0.39 is 0 Å². The molecule has 2 heteroatoms. The predicted molar refractivity (Wildman–Crippen MR) is 56.6 cm³/mol. The van der Waals surface area contributed by atoms with Crippen molar-refractivity contribution in [3.8, 4) is 0 Å². The van der Waals surface area contributed by atoms with E-state index in [0.29, 0.717) is 0 Å². The summed E-state index contributed by atoms with van der Waals surface area (Å²) in [6.45, 7) is 2.04. The lowest BCUT2D eigenvalue weighted by Gasteiger charge is -1.95. The molecular formula is C12H11NO. The lowest BCUT2D eigenvalue weighted by molar-refractivity contribution is 0.557. The maximum Gasteiger partial charge on any atom is 0.126 e. The first-order valence-electron chi connectivity index (χ1n) is 4.49. The van der Waals surface area contributed by atoms with Crippen molar-refractivity contribution >= 4 is 12.2 Å². The summed E-state index contributed by atoms with van der Waals surface area (Å²) in [5.41, 5.74) is 2.14. The van der Waals surface area contributed by atoms with Crippen LogP contribution >= 0.6 is 0 Å². The first kappa shape index (κ1) is 8.75. The van der Waals surface area contributed by atoms with Crippen LogP contribution in [0.4, 0.5) is 0 Å². The Kier molecular flexibility index (Phi) is 2.45. The molecule has 2 heterocycles. The lowest BCUT2D eigenvalue weighted by Crippen LogP contribution is -1.83. The maximum atomic E-state index is 5.18. The van der Waals surface area contributed by atoms with E-state index in [1.807, 2.05) is 43.3 Å². The molecule has 0 N–H and O–H groups in total. The number of furan rings is 1. The van der Waals surface area contributed by atoms with Gasteiger partial charge in [-0.15, -0.1) is 0 Å². The van der Waals surface area contributed by atoms with E-state index in [0.717, 1.165) is 17.0 Å². The zero-order valence-corrected chi connectivity index (χ0v) is 7.97. The van der Waals surface area contributed by atoms with Gasteiger partial charge in [-0.05, 0) is 42.8 Å². The van der Waals surface area contributed by atoms with Crippen LogP contribution in [0.25, 0.3) is 12.2 Å². The minimum atomic E-state index is 0.843. The topological polar surface area (TPSA) is 26.0 Å². The predicted octanol–water partition coefficient (Wildman–Crippen LogP) is 3.15. The molecule has 2 rings (SSSR count). The highest BCUT2D eigenvalue weighted by molar-refractivity contribution is 5.66. The van der Waals surface area contributed by atoms with Crippen molar-refractivity contribution in [2.75, 3.05) is 0 Å². The zero-order chi connectivity index (χ0) is 9.80. The van der Waals surface area contributed by atoms with E-state index >= 15 is 0 Å². The van der Waals surface area contributed by atoms with Crippen LogP contribution in [-0.4, -0.2) is 4.98 Å². The molecule has 0 unspecified atom stereocenters. The number of rotatable bonds is 2. The molecule has 2 aromatic heterocycles. The van der Waals surface area contributed by atoms with Crippen LogP contribution in [0, 0.1) is 6.92 Å². The molecule has 0 aliphatic heterocycles. The van der Waals surface area contributed by atoms with Gasteiger partial charge in [0.05, 0.1) is 12.0 Å². The first-order valence-corrected chi connectivity index (χ1v) is 4.49. The zero-order valence-electron chi connectivity index (χ0n) is 7.97. The number of hydrogen-bond donors (Lipinski definition) is 0. The van der Waals surface area contributed by atoms with Gasteiger partial charge in [-0.1, -0.05) is 6.07 Å². The Morgan fingerprint density at radius 3 is 2.86 bits per heavy atom. The van der Waals surface area contributed by atoms with Gasteiger partial charge >= 0.3 is 0 Å². The number of nitrogens with zero attached hydrogens (tertiary/aromatic N) is 1. The number of hydrogen-bond acceptors (Lipinski definition) is 2. The second-order valence-electron chi connectivity index (χ2n) is 3.05. The molecule has 0 spiro atoms. The SMILES string of the molecule is Cc1cccnc1C=Cc1ccco1. The monoisotopic (exact) mass is 185 g/mol. The average molecular weight is 185 g/mol. The van der Waals surface area contributed by atoms with Gasteiger partial charge in [0.2, 0.25) is 0 Å². The molecule has 2 aromatic rings. The summed E-state index contributed by atoms with van der Waals surface area (Å²) < 4.78 is 5.18. The smallest absolute Gasteiger partial charge is 0.126 e. The Hall–Kier alpha value is -1.83. The van der Waals surface area contributed by atoms with Crippen LogP contribution in [0.5, 0.6) is 0 Å². The lowest BCUT2D eigenvalue weighted by atomic mass is 10.2. The minimum Gasteiger partial charge on any atom is -0.465 e. The van der Waals surface area contributed by atoms with Crippen molar-refractivity contribution in [1.82, 2.24) is 4.98 Å². The Balaban J connectivity index is 2.23. The Morgan fingerprint density at radius 2 is 2.14 bits per heavy atom. The minimum absolute atomic E-state index is 0.843. The van der Waals surface area contributed by atoms with Crippen LogP contribution in [-0.2, 0) is 0 Å². The van der Waals surface area contributed by atoms with Crippen molar-refractivity contribution in [1.29, 1.82) is 0 Å². The third-order valence-corrected chi connectivity index (χ3v) is 2.00. The van der Waals surface area contributed by atoms with Crippen LogP contribution in [0.2, 0.25) is 0 Å². The molecule has 0 atom stereocenters. The third kappa shape index (κ3) is 1.91. The van der Waals surface area contributed by atoms with Crippen molar-refractivity contribution in [2.24, 2.45) is 0 Å². The standard InChI is InChI=1S/C12H11NO/c1-10-4-2-8-13-12(10)7-6-11-5-3-9-14-11/h2-9H,1H3. The summed E-state index contributed by atoms with van der Waals surface area (Å²) in [6.07, 6.45) is 7.31. The maximum absolute atomic E-state index is 5.18. The largest absolute Gasteiger partial charge is 0.465 e. The Bertz CT molecular complexity index is 429. The molecule has 0 radical (unpaired) electrons. The molecule has 70 valence electrons. The number of aromatic nitrogens is 1. The second kappa shape index (κ2) is 3.92.